The number of rotatable bonds is 5. The number of carbonyl (C=O) groups is 1. The number of carbonyl (C=O) groups excluding carboxylic acids is 1. The first-order valence-corrected chi connectivity index (χ1v) is 7.76. The van der Waals surface area contributed by atoms with Crippen molar-refractivity contribution in [1.82, 2.24) is 9.78 Å². The van der Waals surface area contributed by atoms with Crippen molar-refractivity contribution in [3.05, 3.63) is 28.6 Å². The second-order valence-corrected chi connectivity index (χ2v) is 5.75. The van der Waals surface area contributed by atoms with E-state index in [1.54, 1.807) is 14.0 Å². The van der Waals surface area contributed by atoms with Crippen LogP contribution in [-0.2, 0) is 16.6 Å². The fourth-order valence-electron chi connectivity index (χ4n) is 1.93. The molecule has 0 unspecified atom stereocenters. The smallest absolute Gasteiger partial charge is 0.306 e. The summed E-state index contributed by atoms with van der Waals surface area (Å²) in [6, 6.07) is 3.70. The Hall–Kier alpha value is -1.71. The molecular weight excluding hydrogens is 310 g/mol. The molecule has 0 fully saturated rings. The zero-order valence-electron chi connectivity index (χ0n) is 11.7. The van der Waals surface area contributed by atoms with Gasteiger partial charge < -0.3 is 9.58 Å². The van der Waals surface area contributed by atoms with E-state index in [0.29, 0.717) is 40.5 Å². The van der Waals surface area contributed by atoms with Crippen LogP contribution >= 0.6 is 23.4 Å². The lowest BCUT2D eigenvalue weighted by molar-refractivity contribution is -0.142. The molecule has 2 rings (SSSR count). The number of aryl methyl sites for hydroxylation is 1. The molecule has 21 heavy (non-hydrogen) atoms. The minimum atomic E-state index is -0.217. The third-order valence-electron chi connectivity index (χ3n) is 2.85. The lowest BCUT2D eigenvalue weighted by atomic mass is 10.2. The van der Waals surface area contributed by atoms with Gasteiger partial charge in [-0.2, -0.15) is 4.68 Å². The summed E-state index contributed by atoms with van der Waals surface area (Å²) in [4.78, 5) is 15.6. The molecule has 0 radical (unpaired) electrons. The minimum absolute atomic E-state index is 0.217. The molecule has 0 bridgehead atoms. The largest absolute Gasteiger partial charge is 0.466 e. The van der Waals surface area contributed by atoms with Gasteiger partial charge in [-0.15, -0.1) is 16.9 Å². The van der Waals surface area contributed by atoms with E-state index in [-0.39, 0.29) is 5.97 Å². The highest BCUT2D eigenvalue weighted by molar-refractivity contribution is 7.99. The molecule has 2 aromatic rings. The van der Waals surface area contributed by atoms with Gasteiger partial charge in [-0.1, -0.05) is 18.2 Å². The van der Waals surface area contributed by atoms with Crippen LogP contribution in [0.25, 0.3) is 15.7 Å². The number of aromatic nitrogens is 2. The normalized spacial score (nSPS) is 10.6. The van der Waals surface area contributed by atoms with E-state index in [0.717, 1.165) is 4.90 Å². The van der Waals surface area contributed by atoms with Gasteiger partial charge in [-0.05, 0) is 19.1 Å². The van der Waals surface area contributed by atoms with Crippen molar-refractivity contribution in [2.24, 2.45) is 7.05 Å². The summed E-state index contributed by atoms with van der Waals surface area (Å²) < 4.78 is 6.41. The highest BCUT2D eigenvalue weighted by atomic mass is 35.5. The Morgan fingerprint density at radius 3 is 3.00 bits per heavy atom. The monoisotopic (exact) mass is 323 g/mol. The molecule has 0 atom stereocenters. The number of halogens is 1. The van der Waals surface area contributed by atoms with Crippen LogP contribution in [0.4, 0.5) is 5.82 Å². The van der Waals surface area contributed by atoms with Crippen molar-refractivity contribution in [2.75, 3.05) is 12.4 Å². The van der Waals surface area contributed by atoms with Gasteiger partial charge in [0.05, 0.1) is 25.1 Å². The van der Waals surface area contributed by atoms with Gasteiger partial charge >= 0.3 is 5.97 Å². The van der Waals surface area contributed by atoms with Crippen LogP contribution in [0.2, 0.25) is 5.02 Å². The molecule has 0 aliphatic carbocycles. The predicted octanol–water partition coefficient (Wildman–Crippen LogP) is 3.82. The minimum Gasteiger partial charge on any atom is -0.466 e. The Morgan fingerprint density at radius 2 is 2.33 bits per heavy atom. The summed E-state index contributed by atoms with van der Waals surface area (Å²) in [5.74, 6) is 0.783. The summed E-state index contributed by atoms with van der Waals surface area (Å²) in [6.45, 7) is 9.40. The van der Waals surface area contributed by atoms with E-state index in [1.807, 2.05) is 12.1 Å². The summed E-state index contributed by atoms with van der Waals surface area (Å²) in [6.07, 6.45) is 0.329. The van der Waals surface area contributed by atoms with E-state index < -0.39 is 0 Å². The zero-order valence-corrected chi connectivity index (χ0v) is 13.3. The summed E-state index contributed by atoms with van der Waals surface area (Å²) >= 11 is 7.85. The molecule has 7 heteroatoms. The van der Waals surface area contributed by atoms with Crippen LogP contribution in [0.1, 0.15) is 13.3 Å². The van der Waals surface area contributed by atoms with Gasteiger partial charge in [0.15, 0.2) is 0 Å². The van der Waals surface area contributed by atoms with Crippen LogP contribution in [0.15, 0.2) is 17.0 Å². The Bertz CT molecular complexity index is 721. The van der Waals surface area contributed by atoms with Gasteiger partial charge in [0, 0.05) is 16.0 Å². The van der Waals surface area contributed by atoms with Gasteiger partial charge in [0.25, 0.3) is 5.82 Å². The molecule has 0 aliphatic heterocycles. The number of hydrogen-bond donors (Lipinski definition) is 0. The molecule has 0 spiro atoms. The van der Waals surface area contributed by atoms with E-state index in [4.69, 9.17) is 22.9 Å². The number of thioether (sulfide) groups is 1. The first-order valence-electron chi connectivity index (χ1n) is 6.39. The molecule has 1 heterocycles. The fourth-order valence-corrected chi connectivity index (χ4v) is 3.22. The third-order valence-corrected chi connectivity index (χ3v) is 4.41. The predicted molar refractivity (Wildman–Crippen MR) is 84.0 cm³/mol. The van der Waals surface area contributed by atoms with E-state index in [9.17, 15) is 4.79 Å². The van der Waals surface area contributed by atoms with Gasteiger partial charge in [0.1, 0.15) is 5.52 Å². The van der Waals surface area contributed by atoms with E-state index in [2.05, 4.69) is 9.94 Å². The van der Waals surface area contributed by atoms with Crippen LogP contribution in [-0.4, -0.2) is 28.1 Å². The number of ether oxygens (including phenoxy) is 1. The molecule has 1 aromatic heterocycles. The lowest BCUT2D eigenvalue weighted by Crippen LogP contribution is -2.04. The van der Waals surface area contributed by atoms with Crippen molar-refractivity contribution in [2.45, 2.75) is 18.2 Å². The topological polar surface area (TPSA) is 48.5 Å². The molecule has 0 aliphatic rings. The number of hydrogen-bond acceptors (Lipinski definition) is 4. The van der Waals surface area contributed by atoms with Gasteiger partial charge in [-0.3, -0.25) is 4.79 Å². The molecule has 0 amide bonds. The van der Waals surface area contributed by atoms with Crippen LogP contribution < -0.4 is 0 Å². The average Bonchev–Trinajstić information content (AvgIpc) is 2.78. The number of esters is 1. The lowest BCUT2D eigenvalue weighted by Gasteiger charge is -2.05. The van der Waals surface area contributed by atoms with Crippen molar-refractivity contribution in [3.8, 4) is 0 Å². The molecule has 0 N–H and O–H groups in total. The van der Waals surface area contributed by atoms with E-state index in [1.165, 1.54) is 16.4 Å². The molecule has 0 saturated carbocycles. The molecule has 110 valence electrons. The Kier molecular flexibility index (Phi) is 5.10. The second kappa shape index (κ2) is 6.83. The molecule has 0 saturated heterocycles. The number of nitrogens with zero attached hydrogens (tertiary/aromatic N) is 3. The van der Waals surface area contributed by atoms with Gasteiger partial charge in [-0.25, -0.2) is 0 Å². The first-order chi connectivity index (χ1) is 10.1. The number of benzene rings is 1. The maximum Gasteiger partial charge on any atom is 0.306 e. The molecule has 5 nitrogen and oxygen atoms in total. The Labute approximate surface area is 132 Å². The van der Waals surface area contributed by atoms with Crippen LogP contribution in [0.5, 0.6) is 0 Å². The van der Waals surface area contributed by atoms with Crippen molar-refractivity contribution in [1.29, 1.82) is 0 Å². The molecule has 1 aromatic carbocycles. The maximum absolute atomic E-state index is 11.3. The van der Waals surface area contributed by atoms with Crippen LogP contribution in [0.3, 0.4) is 0 Å². The van der Waals surface area contributed by atoms with Crippen molar-refractivity contribution >= 4 is 46.1 Å². The van der Waals surface area contributed by atoms with Crippen molar-refractivity contribution < 1.29 is 9.53 Å². The summed E-state index contributed by atoms with van der Waals surface area (Å²) in [5, 5.41) is 5.43. The van der Waals surface area contributed by atoms with Crippen molar-refractivity contribution in [3.63, 3.8) is 0 Å². The summed E-state index contributed by atoms with van der Waals surface area (Å²) in [5.41, 5.74) is 0.697. The zero-order chi connectivity index (χ0) is 15.4. The average molecular weight is 324 g/mol. The standard InChI is InChI=1S/C14H14ClN3O2S/c1-4-20-11(19)7-8-21-10-6-5-9-12(13(10)15)14(16-2)18(3)17-9/h5-6H,4,7-8H2,1,3H3. The Morgan fingerprint density at radius 1 is 1.57 bits per heavy atom. The molecular formula is C14H14ClN3O2S. The SMILES string of the molecule is [C-]#[N+]c1c2c(Cl)c(SCCC(=O)OCC)ccc2nn1C. The first kappa shape index (κ1) is 15.7. The Balaban J connectivity index is 2.20. The van der Waals surface area contributed by atoms with E-state index >= 15 is 0 Å². The van der Waals surface area contributed by atoms with Gasteiger partial charge in [0.2, 0.25) is 0 Å². The second-order valence-electron chi connectivity index (χ2n) is 4.23. The highest BCUT2D eigenvalue weighted by Gasteiger charge is 2.16. The quantitative estimate of drug-likeness (QED) is 0.477. The number of fused-ring (bicyclic) bond motifs is 1. The highest BCUT2D eigenvalue weighted by Crippen LogP contribution is 2.38. The maximum atomic E-state index is 11.3. The summed E-state index contributed by atoms with van der Waals surface area (Å²) in [7, 11) is 1.72. The fraction of sp³-hybridized carbons (Fsp3) is 0.357. The third kappa shape index (κ3) is 3.31. The van der Waals surface area contributed by atoms with Crippen LogP contribution in [0, 0.1) is 6.57 Å².